The maximum atomic E-state index is 9.34. The van der Waals surface area contributed by atoms with Gasteiger partial charge >= 0.3 is 0 Å². The summed E-state index contributed by atoms with van der Waals surface area (Å²) in [5, 5.41) is 12.8. The fourth-order valence-corrected chi connectivity index (χ4v) is 2.19. The fourth-order valence-electron chi connectivity index (χ4n) is 2.19. The van der Waals surface area contributed by atoms with Crippen LogP contribution in [0, 0.1) is 0 Å². The highest BCUT2D eigenvalue weighted by Crippen LogP contribution is 2.18. The van der Waals surface area contributed by atoms with Gasteiger partial charge in [-0.1, -0.05) is 71.9 Å². The molecule has 0 bridgehead atoms. The Morgan fingerprint density at radius 1 is 0.762 bits per heavy atom. The van der Waals surface area contributed by atoms with Gasteiger partial charge in [0.1, 0.15) is 5.71 Å². The van der Waals surface area contributed by atoms with Crippen LogP contribution in [0.2, 0.25) is 0 Å². The Kier molecular flexibility index (Phi) is 3.74. The van der Waals surface area contributed by atoms with Crippen LogP contribution in [0.4, 0.5) is 0 Å². The Morgan fingerprint density at radius 3 is 2.10 bits per heavy atom. The molecule has 1 heterocycles. The van der Waals surface area contributed by atoms with Gasteiger partial charge in [0, 0.05) is 11.1 Å². The number of hydrogen-bond donors (Lipinski definition) is 1. The standard InChI is InChI=1S/C18H14N2O/c21-20-18(15-10-5-2-6-11-15)17-13-7-12-16(19-17)14-8-3-1-4-9-14/h1-13,21H/b20-18+. The zero-order valence-corrected chi connectivity index (χ0v) is 11.3. The van der Waals surface area contributed by atoms with Crippen molar-refractivity contribution in [3.05, 3.63) is 90.1 Å². The minimum Gasteiger partial charge on any atom is -0.410 e. The van der Waals surface area contributed by atoms with E-state index in [1.807, 2.05) is 78.9 Å². The van der Waals surface area contributed by atoms with Crippen molar-refractivity contribution in [1.29, 1.82) is 0 Å². The van der Waals surface area contributed by atoms with E-state index in [0.29, 0.717) is 11.4 Å². The molecule has 0 radical (unpaired) electrons. The Labute approximate surface area is 123 Å². The SMILES string of the molecule is O/N=C(\c1ccccc1)c1cccc(-c2ccccc2)n1. The lowest BCUT2D eigenvalue weighted by atomic mass is 10.1. The summed E-state index contributed by atoms with van der Waals surface area (Å²) in [5.74, 6) is 0. The van der Waals surface area contributed by atoms with Gasteiger partial charge in [0.15, 0.2) is 0 Å². The van der Waals surface area contributed by atoms with Crippen LogP contribution >= 0.6 is 0 Å². The van der Waals surface area contributed by atoms with Crippen molar-refractivity contribution < 1.29 is 5.21 Å². The number of oxime groups is 1. The number of hydrogen-bond acceptors (Lipinski definition) is 3. The van der Waals surface area contributed by atoms with Crippen molar-refractivity contribution in [2.24, 2.45) is 5.16 Å². The molecule has 0 aliphatic carbocycles. The van der Waals surface area contributed by atoms with Crippen molar-refractivity contribution in [3.8, 4) is 11.3 Å². The van der Waals surface area contributed by atoms with E-state index in [0.717, 1.165) is 16.8 Å². The molecule has 0 saturated carbocycles. The normalized spacial score (nSPS) is 11.3. The van der Waals surface area contributed by atoms with Crippen LogP contribution in [0.25, 0.3) is 11.3 Å². The molecule has 21 heavy (non-hydrogen) atoms. The first-order valence-electron chi connectivity index (χ1n) is 6.69. The number of benzene rings is 2. The fraction of sp³-hybridized carbons (Fsp3) is 0. The third-order valence-corrected chi connectivity index (χ3v) is 3.21. The van der Waals surface area contributed by atoms with Gasteiger partial charge in [0.2, 0.25) is 0 Å². The average Bonchev–Trinajstić information content (AvgIpc) is 2.58. The predicted octanol–water partition coefficient (Wildman–Crippen LogP) is 3.98. The average molecular weight is 274 g/mol. The highest BCUT2D eigenvalue weighted by atomic mass is 16.4. The monoisotopic (exact) mass is 274 g/mol. The molecule has 1 N–H and O–H groups in total. The highest BCUT2D eigenvalue weighted by molar-refractivity contribution is 6.11. The lowest BCUT2D eigenvalue weighted by molar-refractivity contribution is 0.319. The first kappa shape index (κ1) is 13.1. The molecule has 2 aromatic carbocycles. The molecule has 0 unspecified atom stereocenters. The number of aromatic nitrogens is 1. The maximum absolute atomic E-state index is 9.34. The number of pyridine rings is 1. The molecule has 0 amide bonds. The van der Waals surface area contributed by atoms with E-state index in [4.69, 9.17) is 0 Å². The Hall–Kier alpha value is -2.94. The number of rotatable bonds is 3. The van der Waals surface area contributed by atoms with Gasteiger partial charge in [-0.05, 0) is 12.1 Å². The summed E-state index contributed by atoms with van der Waals surface area (Å²) in [5.41, 5.74) is 3.83. The summed E-state index contributed by atoms with van der Waals surface area (Å²) >= 11 is 0. The molecular weight excluding hydrogens is 260 g/mol. The highest BCUT2D eigenvalue weighted by Gasteiger charge is 2.10. The second-order valence-corrected chi connectivity index (χ2v) is 4.59. The molecule has 0 saturated heterocycles. The summed E-state index contributed by atoms with van der Waals surface area (Å²) in [6.45, 7) is 0. The molecule has 3 nitrogen and oxygen atoms in total. The van der Waals surface area contributed by atoms with Gasteiger partial charge in [-0.25, -0.2) is 4.98 Å². The minimum atomic E-state index is 0.466. The van der Waals surface area contributed by atoms with E-state index in [1.165, 1.54) is 0 Å². The molecular formula is C18H14N2O. The van der Waals surface area contributed by atoms with Crippen molar-refractivity contribution >= 4 is 5.71 Å². The van der Waals surface area contributed by atoms with Crippen molar-refractivity contribution in [1.82, 2.24) is 4.98 Å². The van der Waals surface area contributed by atoms with Gasteiger partial charge in [-0.15, -0.1) is 0 Å². The van der Waals surface area contributed by atoms with Crippen molar-refractivity contribution in [3.63, 3.8) is 0 Å². The molecule has 3 rings (SSSR count). The van der Waals surface area contributed by atoms with Gasteiger partial charge in [-0.3, -0.25) is 0 Å². The first-order valence-corrected chi connectivity index (χ1v) is 6.69. The van der Waals surface area contributed by atoms with Gasteiger partial charge < -0.3 is 5.21 Å². The van der Waals surface area contributed by atoms with Crippen molar-refractivity contribution in [2.75, 3.05) is 0 Å². The van der Waals surface area contributed by atoms with Gasteiger partial charge in [0.25, 0.3) is 0 Å². The second kappa shape index (κ2) is 6.01. The Balaban J connectivity index is 2.04. The Morgan fingerprint density at radius 2 is 1.43 bits per heavy atom. The smallest absolute Gasteiger partial charge is 0.135 e. The van der Waals surface area contributed by atoms with Crippen LogP contribution in [-0.4, -0.2) is 15.9 Å². The maximum Gasteiger partial charge on any atom is 0.135 e. The van der Waals surface area contributed by atoms with E-state index in [9.17, 15) is 5.21 Å². The predicted molar refractivity (Wildman–Crippen MR) is 83.5 cm³/mol. The van der Waals surface area contributed by atoms with Gasteiger partial charge in [0.05, 0.1) is 11.4 Å². The summed E-state index contributed by atoms with van der Waals surface area (Å²) in [6, 6.07) is 25.1. The molecule has 0 spiro atoms. The lowest BCUT2D eigenvalue weighted by Gasteiger charge is -2.06. The van der Waals surface area contributed by atoms with E-state index in [2.05, 4.69) is 10.1 Å². The molecule has 3 heteroatoms. The zero-order valence-electron chi connectivity index (χ0n) is 11.3. The third-order valence-electron chi connectivity index (χ3n) is 3.21. The van der Waals surface area contributed by atoms with Crippen LogP contribution in [0.5, 0.6) is 0 Å². The topological polar surface area (TPSA) is 45.5 Å². The van der Waals surface area contributed by atoms with Gasteiger partial charge in [-0.2, -0.15) is 0 Å². The molecule has 0 aliphatic heterocycles. The quantitative estimate of drug-likeness (QED) is 0.446. The second-order valence-electron chi connectivity index (χ2n) is 4.59. The summed E-state index contributed by atoms with van der Waals surface area (Å²) in [7, 11) is 0. The van der Waals surface area contributed by atoms with Crippen LogP contribution in [0.15, 0.2) is 84.0 Å². The molecule has 0 fully saturated rings. The molecule has 0 atom stereocenters. The van der Waals surface area contributed by atoms with Crippen LogP contribution in [0.1, 0.15) is 11.3 Å². The summed E-state index contributed by atoms with van der Waals surface area (Å²) in [6.07, 6.45) is 0. The van der Waals surface area contributed by atoms with E-state index in [-0.39, 0.29) is 0 Å². The van der Waals surface area contributed by atoms with E-state index < -0.39 is 0 Å². The number of nitrogens with zero attached hydrogens (tertiary/aromatic N) is 2. The first-order chi connectivity index (χ1) is 10.4. The lowest BCUT2D eigenvalue weighted by Crippen LogP contribution is -2.06. The summed E-state index contributed by atoms with van der Waals surface area (Å²) < 4.78 is 0. The minimum absolute atomic E-state index is 0.466. The molecule has 0 aliphatic rings. The summed E-state index contributed by atoms with van der Waals surface area (Å²) in [4.78, 5) is 4.60. The largest absolute Gasteiger partial charge is 0.410 e. The molecule has 3 aromatic rings. The van der Waals surface area contributed by atoms with Crippen molar-refractivity contribution in [2.45, 2.75) is 0 Å². The third kappa shape index (κ3) is 2.82. The van der Waals surface area contributed by atoms with E-state index >= 15 is 0 Å². The van der Waals surface area contributed by atoms with Crippen LogP contribution in [-0.2, 0) is 0 Å². The Bertz CT molecular complexity index is 752. The van der Waals surface area contributed by atoms with E-state index in [1.54, 1.807) is 0 Å². The van der Waals surface area contributed by atoms with Crippen LogP contribution in [0.3, 0.4) is 0 Å². The van der Waals surface area contributed by atoms with Crippen LogP contribution < -0.4 is 0 Å². The molecule has 102 valence electrons. The molecule has 1 aromatic heterocycles. The zero-order chi connectivity index (χ0) is 14.5.